The molecule has 2 aromatic rings. The van der Waals surface area contributed by atoms with Gasteiger partial charge in [0.1, 0.15) is 13.1 Å². The molecule has 0 heterocycles. The van der Waals surface area contributed by atoms with Crippen LogP contribution in [-0.2, 0) is 11.6 Å². The molecule has 0 aliphatic carbocycles. The smallest absolute Gasteiger partial charge is 0.137 e. The minimum absolute atomic E-state index is 0.00204. The standard InChI is InChI=1S/C16H18BF/c1-16(2,14-9-6-10-15(18)11-14)17-12-13-7-4-3-5-8-13/h3-11,17H,12H2,1-2H3. The maximum Gasteiger partial charge on any atom is 0.137 e. The van der Waals surface area contributed by atoms with Crippen molar-refractivity contribution in [2.45, 2.75) is 25.5 Å². The van der Waals surface area contributed by atoms with E-state index in [1.54, 1.807) is 12.1 Å². The molecule has 0 aliphatic heterocycles. The lowest BCUT2D eigenvalue weighted by Gasteiger charge is -2.24. The molecular weight excluding hydrogens is 222 g/mol. The largest absolute Gasteiger partial charge is 0.207 e. The van der Waals surface area contributed by atoms with Crippen molar-refractivity contribution in [2.24, 2.45) is 0 Å². The summed E-state index contributed by atoms with van der Waals surface area (Å²) in [5, 5.41) is -0.00204. The van der Waals surface area contributed by atoms with Crippen molar-refractivity contribution >= 4 is 7.28 Å². The van der Waals surface area contributed by atoms with Crippen LogP contribution >= 0.6 is 0 Å². The highest BCUT2D eigenvalue weighted by atomic mass is 19.1. The topological polar surface area (TPSA) is 0 Å². The first-order valence-electron chi connectivity index (χ1n) is 6.38. The summed E-state index contributed by atoms with van der Waals surface area (Å²) in [7, 11) is 1.01. The molecule has 0 aliphatic rings. The molecule has 0 bridgehead atoms. The highest BCUT2D eigenvalue weighted by Crippen LogP contribution is 2.23. The van der Waals surface area contributed by atoms with Crippen molar-refractivity contribution in [3.8, 4) is 0 Å². The lowest BCUT2D eigenvalue weighted by Crippen LogP contribution is -2.27. The minimum Gasteiger partial charge on any atom is -0.207 e. The number of rotatable bonds is 4. The molecule has 0 spiro atoms. The van der Waals surface area contributed by atoms with Gasteiger partial charge in [0.25, 0.3) is 0 Å². The van der Waals surface area contributed by atoms with Crippen molar-refractivity contribution < 1.29 is 4.39 Å². The second-order valence-electron chi connectivity index (χ2n) is 5.38. The van der Waals surface area contributed by atoms with Gasteiger partial charge in [-0.15, -0.1) is 0 Å². The van der Waals surface area contributed by atoms with Crippen LogP contribution < -0.4 is 0 Å². The van der Waals surface area contributed by atoms with E-state index in [4.69, 9.17) is 0 Å². The van der Waals surface area contributed by atoms with E-state index in [-0.39, 0.29) is 11.1 Å². The summed E-state index contributed by atoms with van der Waals surface area (Å²) in [6.07, 6.45) is 1.02. The Bertz CT molecular complexity index is 506. The van der Waals surface area contributed by atoms with Gasteiger partial charge in [-0.3, -0.25) is 0 Å². The van der Waals surface area contributed by atoms with E-state index in [0.717, 1.165) is 19.2 Å². The Hall–Kier alpha value is -1.57. The Labute approximate surface area is 109 Å². The molecule has 0 nitrogen and oxygen atoms in total. The van der Waals surface area contributed by atoms with E-state index in [2.05, 4.69) is 38.1 Å². The third kappa shape index (κ3) is 3.22. The molecule has 0 N–H and O–H groups in total. The van der Waals surface area contributed by atoms with E-state index < -0.39 is 0 Å². The first kappa shape index (κ1) is 12.9. The van der Waals surface area contributed by atoms with Gasteiger partial charge in [-0.05, 0) is 23.0 Å². The van der Waals surface area contributed by atoms with Gasteiger partial charge in [0, 0.05) is 0 Å². The molecule has 2 rings (SSSR count). The van der Waals surface area contributed by atoms with Crippen LogP contribution in [-0.4, -0.2) is 7.28 Å². The summed E-state index contributed by atoms with van der Waals surface area (Å²) in [6, 6.07) is 17.4. The summed E-state index contributed by atoms with van der Waals surface area (Å²) in [5.41, 5.74) is 2.40. The SMILES string of the molecule is CC(C)(BCc1ccccc1)c1cccc(F)c1. The Kier molecular flexibility index (Phi) is 3.85. The van der Waals surface area contributed by atoms with Gasteiger partial charge in [0.05, 0.1) is 0 Å². The fraction of sp³-hybridized carbons (Fsp3) is 0.250. The molecule has 0 atom stereocenters. The molecular formula is C16H18BF. The molecule has 0 radical (unpaired) electrons. The van der Waals surface area contributed by atoms with Gasteiger partial charge in [-0.1, -0.05) is 68.2 Å². The van der Waals surface area contributed by atoms with Crippen LogP contribution in [0.5, 0.6) is 0 Å². The Balaban J connectivity index is 2.08. The average Bonchev–Trinajstić information content (AvgIpc) is 2.38. The van der Waals surface area contributed by atoms with Gasteiger partial charge >= 0.3 is 0 Å². The second kappa shape index (κ2) is 5.39. The van der Waals surface area contributed by atoms with E-state index in [0.29, 0.717) is 0 Å². The fourth-order valence-corrected chi connectivity index (χ4v) is 2.16. The summed E-state index contributed by atoms with van der Waals surface area (Å²) in [5.74, 6) is -0.153. The first-order valence-corrected chi connectivity index (χ1v) is 6.38. The molecule has 2 heteroatoms. The summed E-state index contributed by atoms with van der Waals surface area (Å²) >= 11 is 0. The fourth-order valence-electron chi connectivity index (χ4n) is 2.16. The van der Waals surface area contributed by atoms with Crippen LogP contribution in [0, 0.1) is 5.82 Å². The Morgan fingerprint density at radius 1 is 1.00 bits per heavy atom. The van der Waals surface area contributed by atoms with E-state index in [9.17, 15) is 4.39 Å². The van der Waals surface area contributed by atoms with Gasteiger partial charge in [-0.25, -0.2) is 4.39 Å². The van der Waals surface area contributed by atoms with E-state index in [1.165, 1.54) is 11.6 Å². The van der Waals surface area contributed by atoms with Crippen molar-refractivity contribution in [3.63, 3.8) is 0 Å². The quantitative estimate of drug-likeness (QED) is 0.715. The predicted octanol–water partition coefficient (Wildman–Crippen LogP) is 3.70. The van der Waals surface area contributed by atoms with Crippen LogP contribution in [0.4, 0.5) is 4.39 Å². The molecule has 0 aromatic heterocycles. The maximum absolute atomic E-state index is 13.3. The lowest BCUT2D eigenvalue weighted by atomic mass is 9.49. The number of hydrogen-bond donors (Lipinski definition) is 0. The molecule has 0 fully saturated rings. The number of hydrogen-bond acceptors (Lipinski definition) is 0. The molecule has 0 saturated heterocycles. The monoisotopic (exact) mass is 240 g/mol. The molecule has 0 unspecified atom stereocenters. The van der Waals surface area contributed by atoms with Gasteiger partial charge in [0.2, 0.25) is 0 Å². The molecule has 92 valence electrons. The minimum atomic E-state index is -0.153. The second-order valence-corrected chi connectivity index (χ2v) is 5.38. The summed E-state index contributed by atoms with van der Waals surface area (Å²) < 4.78 is 13.3. The normalized spacial score (nSPS) is 11.3. The molecule has 2 aromatic carbocycles. The van der Waals surface area contributed by atoms with Crippen molar-refractivity contribution in [2.75, 3.05) is 0 Å². The zero-order valence-electron chi connectivity index (χ0n) is 11.0. The maximum atomic E-state index is 13.3. The van der Waals surface area contributed by atoms with Crippen molar-refractivity contribution in [1.29, 1.82) is 0 Å². The number of benzene rings is 2. The van der Waals surface area contributed by atoms with Crippen LogP contribution in [0.2, 0.25) is 0 Å². The van der Waals surface area contributed by atoms with Gasteiger partial charge < -0.3 is 0 Å². The first-order chi connectivity index (χ1) is 8.58. The third-order valence-electron chi connectivity index (χ3n) is 3.49. The zero-order valence-corrected chi connectivity index (χ0v) is 11.0. The van der Waals surface area contributed by atoms with Gasteiger partial charge in [0.15, 0.2) is 0 Å². The zero-order chi connectivity index (χ0) is 13.0. The Morgan fingerprint density at radius 3 is 2.39 bits per heavy atom. The highest BCUT2D eigenvalue weighted by molar-refractivity contribution is 6.39. The third-order valence-corrected chi connectivity index (χ3v) is 3.49. The summed E-state index contributed by atoms with van der Waals surface area (Å²) in [6.45, 7) is 4.34. The van der Waals surface area contributed by atoms with E-state index in [1.807, 2.05) is 12.1 Å². The van der Waals surface area contributed by atoms with Crippen LogP contribution in [0.3, 0.4) is 0 Å². The van der Waals surface area contributed by atoms with Crippen LogP contribution in [0.1, 0.15) is 25.0 Å². The van der Waals surface area contributed by atoms with Crippen LogP contribution in [0.25, 0.3) is 0 Å². The van der Waals surface area contributed by atoms with E-state index >= 15 is 0 Å². The average molecular weight is 240 g/mol. The molecule has 0 saturated carbocycles. The summed E-state index contributed by atoms with van der Waals surface area (Å²) in [4.78, 5) is 0. The van der Waals surface area contributed by atoms with Crippen molar-refractivity contribution in [1.82, 2.24) is 0 Å². The predicted molar refractivity (Wildman–Crippen MR) is 76.7 cm³/mol. The Morgan fingerprint density at radius 2 is 1.72 bits per heavy atom. The number of halogens is 1. The van der Waals surface area contributed by atoms with Crippen molar-refractivity contribution in [3.05, 3.63) is 71.5 Å². The highest BCUT2D eigenvalue weighted by Gasteiger charge is 2.21. The lowest BCUT2D eigenvalue weighted by molar-refractivity contribution is 0.619. The van der Waals surface area contributed by atoms with Gasteiger partial charge in [-0.2, -0.15) is 0 Å². The van der Waals surface area contributed by atoms with Crippen LogP contribution in [0.15, 0.2) is 54.6 Å². The molecule has 0 amide bonds. The molecule has 18 heavy (non-hydrogen) atoms.